The molecule has 0 unspecified atom stereocenters. The molecular formula is C17H11ClN2O. The van der Waals surface area contributed by atoms with Crippen LogP contribution < -0.4 is 5.32 Å². The number of carbonyl (C=O) groups excluding carboxylic acids is 1. The summed E-state index contributed by atoms with van der Waals surface area (Å²) in [5.41, 5.74) is 1.74. The van der Waals surface area contributed by atoms with Gasteiger partial charge in [-0.05, 0) is 36.4 Å². The molecule has 0 radical (unpaired) electrons. The largest absolute Gasteiger partial charge is 0.341 e. The minimum Gasteiger partial charge on any atom is -0.341 e. The Labute approximate surface area is 128 Å². The standard InChI is InChI=1S/C17H11ClN2O/c18-16-6-2-1-4-14(16)5-3-11-20-17(21)15-9-7-13(12-19)8-10-15/h1-2,4,6-10H,11H2,(H,20,21). The first-order valence-electron chi connectivity index (χ1n) is 6.22. The number of hydrogen-bond donors (Lipinski definition) is 1. The van der Waals surface area contributed by atoms with Crippen LogP contribution >= 0.6 is 11.6 Å². The second-order valence-electron chi connectivity index (χ2n) is 4.15. The van der Waals surface area contributed by atoms with Crippen LogP contribution in [0.4, 0.5) is 0 Å². The Hall–Kier alpha value is -2.75. The zero-order valence-corrected chi connectivity index (χ0v) is 11.8. The molecule has 4 heteroatoms. The highest BCUT2D eigenvalue weighted by Crippen LogP contribution is 2.12. The fraction of sp³-hybridized carbons (Fsp3) is 0.0588. The number of halogens is 1. The van der Waals surface area contributed by atoms with E-state index in [9.17, 15) is 4.79 Å². The summed E-state index contributed by atoms with van der Waals surface area (Å²) in [7, 11) is 0. The van der Waals surface area contributed by atoms with Crippen molar-refractivity contribution in [1.82, 2.24) is 5.32 Å². The molecule has 2 rings (SSSR count). The first-order chi connectivity index (χ1) is 10.2. The lowest BCUT2D eigenvalue weighted by Crippen LogP contribution is -2.23. The lowest BCUT2D eigenvalue weighted by atomic mass is 10.1. The Kier molecular flexibility index (Phi) is 4.99. The zero-order valence-electron chi connectivity index (χ0n) is 11.1. The van der Waals surface area contributed by atoms with Crippen molar-refractivity contribution in [2.75, 3.05) is 6.54 Å². The number of rotatable bonds is 2. The van der Waals surface area contributed by atoms with E-state index >= 15 is 0 Å². The Morgan fingerprint density at radius 2 is 1.86 bits per heavy atom. The molecule has 102 valence electrons. The molecule has 0 saturated heterocycles. The van der Waals surface area contributed by atoms with Gasteiger partial charge in [0.05, 0.1) is 23.2 Å². The fourth-order valence-corrected chi connectivity index (χ4v) is 1.81. The normalized spacial score (nSPS) is 9.14. The quantitative estimate of drug-likeness (QED) is 0.866. The molecule has 2 aromatic rings. The SMILES string of the molecule is N#Cc1ccc(C(=O)NCC#Cc2ccccc2Cl)cc1. The number of carbonyl (C=O) groups is 1. The monoisotopic (exact) mass is 294 g/mol. The summed E-state index contributed by atoms with van der Waals surface area (Å²) in [4.78, 5) is 11.8. The third-order valence-corrected chi connectivity index (χ3v) is 3.04. The van der Waals surface area contributed by atoms with Crippen molar-refractivity contribution < 1.29 is 4.79 Å². The molecule has 0 fully saturated rings. The number of benzene rings is 2. The second-order valence-corrected chi connectivity index (χ2v) is 4.56. The van der Waals surface area contributed by atoms with Crippen LogP contribution in [0, 0.1) is 23.2 Å². The molecule has 0 saturated carbocycles. The number of nitriles is 1. The van der Waals surface area contributed by atoms with Gasteiger partial charge in [-0.25, -0.2) is 0 Å². The Morgan fingerprint density at radius 3 is 2.52 bits per heavy atom. The molecule has 0 spiro atoms. The van der Waals surface area contributed by atoms with Crippen molar-refractivity contribution in [3.63, 3.8) is 0 Å². The lowest BCUT2D eigenvalue weighted by Gasteiger charge is -2.01. The van der Waals surface area contributed by atoms with E-state index in [0.717, 1.165) is 5.56 Å². The molecule has 2 aromatic carbocycles. The summed E-state index contributed by atoms with van der Waals surface area (Å²) in [5.74, 6) is 5.52. The van der Waals surface area contributed by atoms with Crippen LogP contribution in [0.5, 0.6) is 0 Å². The van der Waals surface area contributed by atoms with Gasteiger partial charge in [0.1, 0.15) is 0 Å². The first kappa shape index (κ1) is 14.7. The molecule has 0 heterocycles. The van der Waals surface area contributed by atoms with Crippen molar-refractivity contribution in [1.29, 1.82) is 5.26 Å². The molecular weight excluding hydrogens is 284 g/mol. The van der Waals surface area contributed by atoms with Crippen LogP contribution in [0.2, 0.25) is 5.02 Å². The topological polar surface area (TPSA) is 52.9 Å². The summed E-state index contributed by atoms with van der Waals surface area (Å²) < 4.78 is 0. The number of hydrogen-bond acceptors (Lipinski definition) is 2. The molecule has 0 aliphatic carbocycles. The predicted molar refractivity (Wildman–Crippen MR) is 81.8 cm³/mol. The van der Waals surface area contributed by atoms with Gasteiger partial charge < -0.3 is 5.32 Å². The smallest absolute Gasteiger partial charge is 0.252 e. The second kappa shape index (κ2) is 7.14. The van der Waals surface area contributed by atoms with Crippen LogP contribution in [0.15, 0.2) is 48.5 Å². The van der Waals surface area contributed by atoms with Crippen LogP contribution in [0.25, 0.3) is 0 Å². The molecule has 0 aliphatic rings. The first-order valence-corrected chi connectivity index (χ1v) is 6.60. The summed E-state index contributed by atoms with van der Waals surface area (Å²) in [6.07, 6.45) is 0. The van der Waals surface area contributed by atoms with E-state index in [1.807, 2.05) is 24.3 Å². The Bertz CT molecular complexity index is 749. The maximum absolute atomic E-state index is 11.8. The third-order valence-electron chi connectivity index (χ3n) is 2.71. The highest BCUT2D eigenvalue weighted by Gasteiger charge is 2.03. The average Bonchev–Trinajstić information content (AvgIpc) is 2.53. The summed E-state index contributed by atoms with van der Waals surface area (Å²) in [6.45, 7) is 0.226. The Balaban J connectivity index is 1.93. The third kappa shape index (κ3) is 4.11. The molecule has 1 amide bonds. The minimum atomic E-state index is -0.229. The van der Waals surface area contributed by atoms with Gasteiger partial charge in [-0.3, -0.25) is 4.79 Å². The van der Waals surface area contributed by atoms with E-state index in [0.29, 0.717) is 16.1 Å². The molecule has 0 atom stereocenters. The van der Waals surface area contributed by atoms with Gasteiger partial charge in [-0.1, -0.05) is 35.6 Å². The van der Waals surface area contributed by atoms with E-state index in [2.05, 4.69) is 17.2 Å². The molecule has 3 nitrogen and oxygen atoms in total. The maximum Gasteiger partial charge on any atom is 0.252 e. The fourth-order valence-electron chi connectivity index (χ4n) is 1.62. The highest BCUT2D eigenvalue weighted by atomic mass is 35.5. The van der Waals surface area contributed by atoms with Gasteiger partial charge in [0.2, 0.25) is 0 Å². The Morgan fingerprint density at radius 1 is 1.14 bits per heavy atom. The molecule has 21 heavy (non-hydrogen) atoms. The zero-order chi connectivity index (χ0) is 15.1. The highest BCUT2D eigenvalue weighted by molar-refractivity contribution is 6.31. The maximum atomic E-state index is 11.8. The summed E-state index contributed by atoms with van der Waals surface area (Å²) in [6, 6.07) is 15.7. The van der Waals surface area contributed by atoms with Gasteiger partial charge in [0, 0.05) is 11.1 Å². The summed E-state index contributed by atoms with van der Waals surface area (Å²) in [5, 5.41) is 12.0. The van der Waals surface area contributed by atoms with Crippen molar-refractivity contribution in [3.05, 3.63) is 70.2 Å². The number of nitrogens with zero attached hydrogens (tertiary/aromatic N) is 1. The van der Waals surface area contributed by atoms with Gasteiger partial charge in [-0.15, -0.1) is 0 Å². The van der Waals surface area contributed by atoms with Gasteiger partial charge >= 0.3 is 0 Å². The van der Waals surface area contributed by atoms with Crippen LogP contribution in [-0.2, 0) is 0 Å². The molecule has 1 N–H and O–H groups in total. The van der Waals surface area contributed by atoms with Crippen LogP contribution in [0.1, 0.15) is 21.5 Å². The average molecular weight is 295 g/mol. The van der Waals surface area contributed by atoms with E-state index in [-0.39, 0.29) is 12.5 Å². The van der Waals surface area contributed by atoms with Crippen LogP contribution in [-0.4, -0.2) is 12.5 Å². The van der Waals surface area contributed by atoms with Crippen molar-refractivity contribution in [3.8, 4) is 17.9 Å². The van der Waals surface area contributed by atoms with E-state index in [4.69, 9.17) is 16.9 Å². The van der Waals surface area contributed by atoms with Gasteiger partial charge in [0.25, 0.3) is 5.91 Å². The van der Waals surface area contributed by atoms with Crippen LogP contribution in [0.3, 0.4) is 0 Å². The molecule has 0 bridgehead atoms. The minimum absolute atomic E-state index is 0.226. The van der Waals surface area contributed by atoms with E-state index in [1.54, 1.807) is 30.3 Å². The number of nitrogens with one attached hydrogen (secondary N) is 1. The van der Waals surface area contributed by atoms with Gasteiger partial charge in [0.15, 0.2) is 0 Å². The van der Waals surface area contributed by atoms with Crippen molar-refractivity contribution in [2.24, 2.45) is 0 Å². The van der Waals surface area contributed by atoms with Crippen molar-refractivity contribution in [2.45, 2.75) is 0 Å². The number of amides is 1. The summed E-state index contributed by atoms with van der Waals surface area (Å²) >= 11 is 5.97. The van der Waals surface area contributed by atoms with Crippen molar-refractivity contribution >= 4 is 17.5 Å². The molecule has 0 aromatic heterocycles. The van der Waals surface area contributed by atoms with E-state index < -0.39 is 0 Å². The van der Waals surface area contributed by atoms with Gasteiger partial charge in [-0.2, -0.15) is 5.26 Å². The molecule has 0 aliphatic heterocycles. The van der Waals surface area contributed by atoms with E-state index in [1.165, 1.54) is 0 Å². The predicted octanol–water partition coefficient (Wildman–Crippen LogP) is 2.99. The lowest BCUT2D eigenvalue weighted by molar-refractivity contribution is 0.0958.